The number of carbonyl (C=O) groups is 1. The molecule has 1 amide bonds. The van der Waals surface area contributed by atoms with E-state index in [1.54, 1.807) is 4.90 Å². The summed E-state index contributed by atoms with van der Waals surface area (Å²) in [7, 11) is -0.924. The second-order valence-electron chi connectivity index (χ2n) is 7.67. The van der Waals surface area contributed by atoms with Gasteiger partial charge in [0.15, 0.2) is 0 Å². The summed E-state index contributed by atoms with van der Waals surface area (Å²) < 4.78 is 39.7. The van der Waals surface area contributed by atoms with Crippen molar-refractivity contribution in [2.45, 2.75) is 56.2 Å². The van der Waals surface area contributed by atoms with Crippen LogP contribution >= 0.6 is 0 Å². The Kier molecular flexibility index (Phi) is 7.50. The maximum atomic E-state index is 12.1. The molecule has 2 N–H and O–H groups in total. The van der Waals surface area contributed by atoms with Crippen molar-refractivity contribution in [2.75, 3.05) is 27.3 Å². The molecule has 0 aromatic heterocycles. The normalized spacial score (nSPS) is 27.7. The van der Waals surface area contributed by atoms with Crippen LogP contribution in [0.2, 0.25) is 0 Å². The molecule has 8 nitrogen and oxygen atoms in total. The Labute approximate surface area is 173 Å². The van der Waals surface area contributed by atoms with Crippen LogP contribution < -0.4 is 9.44 Å². The minimum atomic E-state index is -3.61. The van der Waals surface area contributed by atoms with Gasteiger partial charge < -0.3 is 14.4 Å². The molecule has 1 aliphatic carbocycles. The van der Waals surface area contributed by atoms with Crippen molar-refractivity contribution in [1.82, 2.24) is 14.3 Å². The molecule has 0 bridgehead atoms. The van der Waals surface area contributed by atoms with Gasteiger partial charge in [0.25, 0.3) is 10.2 Å². The highest BCUT2D eigenvalue weighted by Gasteiger charge is 2.40. The van der Waals surface area contributed by atoms with Gasteiger partial charge in [-0.25, -0.2) is 9.52 Å². The molecule has 1 saturated carbocycles. The number of likely N-dealkylation sites (tertiary alicyclic amines) is 1. The highest BCUT2D eigenvalue weighted by atomic mass is 32.2. The molecule has 0 spiro atoms. The van der Waals surface area contributed by atoms with E-state index in [0.717, 1.165) is 25.7 Å². The van der Waals surface area contributed by atoms with E-state index in [9.17, 15) is 13.2 Å². The topological polar surface area (TPSA) is 97.0 Å². The Morgan fingerprint density at radius 3 is 2.45 bits per heavy atom. The molecule has 2 fully saturated rings. The third-order valence-corrected chi connectivity index (χ3v) is 7.13. The predicted octanol–water partition coefficient (Wildman–Crippen LogP) is 1.99. The van der Waals surface area contributed by atoms with Crippen molar-refractivity contribution in [2.24, 2.45) is 0 Å². The number of nitrogens with one attached hydrogen (secondary N) is 2. The summed E-state index contributed by atoms with van der Waals surface area (Å²) in [5, 5.41) is 0. The molecule has 1 aromatic rings. The average molecular weight is 426 g/mol. The van der Waals surface area contributed by atoms with Gasteiger partial charge in [0.1, 0.15) is 0 Å². The van der Waals surface area contributed by atoms with Crippen molar-refractivity contribution >= 4 is 16.3 Å². The van der Waals surface area contributed by atoms with Crippen LogP contribution in [0.3, 0.4) is 0 Å². The highest BCUT2D eigenvalue weighted by molar-refractivity contribution is 7.87. The van der Waals surface area contributed by atoms with E-state index in [1.807, 2.05) is 6.07 Å². The fraction of sp³-hybridized carbons (Fsp3) is 0.650. The molecule has 1 aromatic carbocycles. The second-order valence-corrected chi connectivity index (χ2v) is 9.32. The summed E-state index contributed by atoms with van der Waals surface area (Å²) in [5.41, 5.74) is 1.38. The minimum Gasteiger partial charge on any atom is -0.453 e. The van der Waals surface area contributed by atoms with E-state index in [0.29, 0.717) is 18.9 Å². The lowest BCUT2D eigenvalue weighted by molar-refractivity contribution is -0.00536. The van der Waals surface area contributed by atoms with Crippen LogP contribution in [0.5, 0.6) is 0 Å². The Morgan fingerprint density at radius 2 is 1.83 bits per heavy atom. The Balaban J connectivity index is 1.56. The number of nitrogens with zero attached hydrogens (tertiary/aromatic N) is 1. The van der Waals surface area contributed by atoms with Crippen LogP contribution in [0.15, 0.2) is 30.3 Å². The maximum Gasteiger partial charge on any atom is 0.409 e. The molecule has 1 heterocycles. The lowest BCUT2D eigenvalue weighted by Gasteiger charge is -2.32. The van der Waals surface area contributed by atoms with Crippen LogP contribution in [0.1, 0.15) is 43.6 Å². The summed E-state index contributed by atoms with van der Waals surface area (Å²) in [6, 6.07) is 9.74. The van der Waals surface area contributed by atoms with Gasteiger partial charge in [-0.3, -0.25) is 0 Å². The Bertz CT molecular complexity index is 766. The lowest BCUT2D eigenvalue weighted by atomic mass is 9.83. The molecule has 9 heteroatoms. The van der Waals surface area contributed by atoms with Crippen molar-refractivity contribution in [1.29, 1.82) is 0 Å². The van der Waals surface area contributed by atoms with E-state index in [-0.39, 0.29) is 12.7 Å². The first kappa shape index (κ1) is 22.0. The van der Waals surface area contributed by atoms with Crippen molar-refractivity contribution in [3.63, 3.8) is 0 Å². The van der Waals surface area contributed by atoms with Crippen molar-refractivity contribution in [3.05, 3.63) is 35.9 Å². The van der Waals surface area contributed by atoms with Gasteiger partial charge in [0.2, 0.25) is 0 Å². The van der Waals surface area contributed by atoms with E-state index >= 15 is 0 Å². The summed E-state index contributed by atoms with van der Waals surface area (Å²) in [5.74, 6) is 0.560. The number of ether oxygens (including phenoxy) is 2. The van der Waals surface area contributed by atoms with Gasteiger partial charge in [-0.2, -0.15) is 13.1 Å². The number of hydrogen-bond acceptors (Lipinski definition) is 5. The van der Waals surface area contributed by atoms with Crippen molar-refractivity contribution < 1.29 is 22.7 Å². The first-order valence-corrected chi connectivity index (χ1v) is 11.6. The third-order valence-electron chi connectivity index (χ3n) is 5.98. The molecule has 3 rings (SSSR count). The van der Waals surface area contributed by atoms with Crippen molar-refractivity contribution in [3.8, 4) is 0 Å². The number of carbonyl (C=O) groups excluding carboxylic acids is 1. The SMILES string of the molecule is CNS(=O)(=O)N[C@H]1CCN(C(=O)OC)[C@H]1CO[C@H]1CC[C@@H](c2ccccc2)CC1. The number of rotatable bonds is 7. The maximum absolute atomic E-state index is 12.1. The number of benzene rings is 1. The highest BCUT2D eigenvalue weighted by Crippen LogP contribution is 2.34. The molecule has 1 saturated heterocycles. The first-order valence-electron chi connectivity index (χ1n) is 10.2. The first-order chi connectivity index (χ1) is 13.9. The molecule has 0 unspecified atom stereocenters. The zero-order chi connectivity index (χ0) is 20.9. The Morgan fingerprint density at radius 1 is 1.14 bits per heavy atom. The van der Waals surface area contributed by atoms with Gasteiger partial charge in [-0.15, -0.1) is 0 Å². The average Bonchev–Trinajstić information content (AvgIpc) is 3.14. The summed E-state index contributed by atoms with van der Waals surface area (Å²) in [6.45, 7) is 0.713. The van der Waals surface area contributed by atoms with Gasteiger partial charge in [0.05, 0.1) is 25.9 Å². The molecular formula is C20H31N3O5S. The standard InChI is InChI=1S/C20H31N3O5S/c1-21-29(25,26)22-18-12-13-23(20(24)27-2)19(18)14-28-17-10-8-16(9-11-17)15-6-4-3-5-7-15/h3-7,16-19,21-22H,8-14H2,1-2H3/t16-,17+,18-,19-/m0/s1. The van der Waals surface area contributed by atoms with E-state index < -0.39 is 28.4 Å². The quantitative estimate of drug-likeness (QED) is 0.696. The fourth-order valence-electron chi connectivity index (χ4n) is 4.32. The van der Waals surface area contributed by atoms with Gasteiger partial charge in [0, 0.05) is 19.6 Å². The van der Waals surface area contributed by atoms with Crippen LogP contribution in [0.4, 0.5) is 4.79 Å². The monoisotopic (exact) mass is 425 g/mol. The van der Waals surface area contributed by atoms with Crippen LogP contribution in [0, 0.1) is 0 Å². The predicted molar refractivity (Wildman–Crippen MR) is 110 cm³/mol. The second kappa shape index (κ2) is 9.88. The number of methoxy groups -OCH3 is 1. The van der Waals surface area contributed by atoms with Crippen LogP contribution in [-0.4, -0.2) is 64.9 Å². The third kappa shape index (κ3) is 5.69. The van der Waals surface area contributed by atoms with Gasteiger partial charge >= 0.3 is 6.09 Å². The lowest BCUT2D eigenvalue weighted by Crippen LogP contribution is -2.51. The molecule has 29 heavy (non-hydrogen) atoms. The van der Waals surface area contributed by atoms with E-state index in [1.165, 1.54) is 19.7 Å². The van der Waals surface area contributed by atoms with Crippen LogP contribution in [-0.2, 0) is 19.7 Å². The van der Waals surface area contributed by atoms with E-state index in [2.05, 4.69) is 33.7 Å². The summed E-state index contributed by atoms with van der Waals surface area (Å²) in [4.78, 5) is 13.7. The Hall–Kier alpha value is -1.68. The molecule has 0 radical (unpaired) electrons. The number of hydrogen-bond donors (Lipinski definition) is 2. The molecule has 1 aliphatic heterocycles. The fourth-order valence-corrected chi connectivity index (χ4v) is 5.11. The largest absolute Gasteiger partial charge is 0.453 e. The van der Waals surface area contributed by atoms with Crippen LogP contribution in [0.25, 0.3) is 0 Å². The van der Waals surface area contributed by atoms with Gasteiger partial charge in [-0.1, -0.05) is 30.3 Å². The zero-order valence-electron chi connectivity index (χ0n) is 17.0. The molecule has 162 valence electrons. The number of amides is 1. The molecule has 2 aliphatic rings. The summed E-state index contributed by atoms with van der Waals surface area (Å²) in [6.07, 6.45) is 4.22. The molecule has 2 atom stereocenters. The van der Waals surface area contributed by atoms with Gasteiger partial charge in [-0.05, 0) is 43.6 Å². The summed E-state index contributed by atoms with van der Waals surface area (Å²) >= 11 is 0. The molecular weight excluding hydrogens is 394 g/mol. The smallest absolute Gasteiger partial charge is 0.409 e. The minimum absolute atomic E-state index is 0.122. The van der Waals surface area contributed by atoms with E-state index in [4.69, 9.17) is 9.47 Å². The zero-order valence-corrected chi connectivity index (χ0v) is 17.9.